The molecule has 1 aromatic heterocycles. The Morgan fingerprint density at radius 3 is 2.62 bits per heavy atom. The van der Waals surface area contributed by atoms with Gasteiger partial charge in [0, 0.05) is 11.3 Å². The van der Waals surface area contributed by atoms with Crippen LogP contribution < -0.4 is 5.73 Å². The first-order chi connectivity index (χ1) is 10.0. The van der Waals surface area contributed by atoms with E-state index in [2.05, 4.69) is 10.3 Å². The summed E-state index contributed by atoms with van der Waals surface area (Å²) in [7, 11) is 0. The SMILES string of the molecule is Cc1ccc(N)cc1-n1cc(-c2ccc(Cl)c(Cl)c2)nn1. The van der Waals surface area contributed by atoms with Crippen LogP contribution in [0.5, 0.6) is 0 Å². The molecule has 0 fully saturated rings. The normalized spacial score (nSPS) is 10.8. The summed E-state index contributed by atoms with van der Waals surface area (Å²) in [5, 5.41) is 9.33. The topological polar surface area (TPSA) is 56.7 Å². The lowest BCUT2D eigenvalue weighted by Gasteiger charge is -2.05. The van der Waals surface area contributed by atoms with Crippen LogP contribution in [0.25, 0.3) is 16.9 Å². The Balaban J connectivity index is 2.03. The van der Waals surface area contributed by atoms with Gasteiger partial charge in [-0.25, -0.2) is 4.68 Å². The average molecular weight is 319 g/mol. The van der Waals surface area contributed by atoms with E-state index >= 15 is 0 Å². The Hall–Kier alpha value is -2.04. The molecule has 2 aromatic carbocycles. The first-order valence-corrected chi connectivity index (χ1v) is 7.04. The molecule has 4 nitrogen and oxygen atoms in total. The minimum absolute atomic E-state index is 0.490. The zero-order chi connectivity index (χ0) is 15.0. The lowest BCUT2D eigenvalue weighted by atomic mass is 10.1. The molecule has 0 amide bonds. The minimum Gasteiger partial charge on any atom is -0.399 e. The van der Waals surface area contributed by atoms with E-state index in [1.807, 2.05) is 37.4 Å². The summed E-state index contributed by atoms with van der Waals surface area (Å²) in [4.78, 5) is 0. The quantitative estimate of drug-likeness (QED) is 0.723. The number of benzene rings is 2. The summed E-state index contributed by atoms with van der Waals surface area (Å²) in [6.45, 7) is 2.00. The van der Waals surface area contributed by atoms with Gasteiger partial charge < -0.3 is 5.73 Å². The molecule has 0 bridgehead atoms. The number of anilines is 1. The van der Waals surface area contributed by atoms with Gasteiger partial charge >= 0.3 is 0 Å². The molecular weight excluding hydrogens is 307 g/mol. The van der Waals surface area contributed by atoms with E-state index in [4.69, 9.17) is 28.9 Å². The van der Waals surface area contributed by atoms with Gasteiger partial charge in [0.2, 0.25) is 0 Å². The highest BCUT2D eigenvalue weighted by Crippen LogP contribution is 2.28. The number of aryl methyl sites for hydroxylation is 1. The molecule has 6 heteroatoms. The molecule has 21 heavy (non-hydrogen) atoms. The van der Waals surface area contributed by atoms with Crippen LogP contribution in [-0.4, -0.2) is 15.0 Å². The van der Waals surface area contributed by atoms with Gasteiger partial charge in [-0.15, -0.1) is 5.10 Å². The van der Waals surface area contributed by atoms with Crippen LogP contribution in [-0.2, 0) is 0 Å². The van der Waals surface area contributed by atoms with E-state index < -0.39 is 0 Å². The first-order valence-electron chi connectivity index (χ1n) is 6.29. The standard InChI is InChI=1S/C15H12Cl2N4/c1-9-2-4-11(18)7-15(9)21-8-14(19-20-21)10-3-5-12(16)13(17)6-10/h2-8H,18H2,1H3. The fourth-order valence-electron chi connectivity index (χ4n) is 2.04. The maximum atomic E-state index is 6.03. The van der Waals surface area contributed by atoms with Crippen LogP contribution in [0.15, 0.2) is 42.6 Å². The molecule has 106 valence electrons. The average Bonchev–Trinajstić information content (AvgIpc) is 2.94. The number of hydrogen-bond acceptors (Lipinski definition) is 3. The van der Waals surface area contributed by atoms with Gasteiger partial charge in [-0.1, -0.05) is 40.5 Å². The summed E-state index contributed by atoms with van der Waals surface area (Å²) < 4.78 is 1.70. The summed E-state index contributed by atoms with van der Waals surface area (Å²) in [5.41, 5.74) is 10.0. The van der Waals surface area contributed by atoms with Crippen molar-refractivity contribution in [3.05, 3.63) is 58.2 Å². The van der Waals surface area contributed by atoms with E-state index in [9.17, 15) is 0 Å². The minimum atomic E-state index is 0.490. The molecule has 0 saturated heterocycles. The molecule has 0 unspecified atom stereocenters. The molecule has 0 radical (unpaired) electrons. The summed E-state index contributed by atoms with van der Waals surface area (Å²) in [6, 6.07) is 11.0. The maximum Gasteiger partial charge on any atom is 0.113 e. The monoisotopic (exact) mass is 318 g/mol. The highest BCUT2D eigenvalue weighted by Gasteiger charge is 2.09. The zero-order valence-corrected chi connectivity index (χ0v) is 12.7. The summed E-state index contributed by atoms with van der Waals surface area (Å²) >= 11 is 12.0. The van der Waals surface area contributed by atoms with E-state index in [1.54, 1.807) is 16.8 Å². The zero-order valence-electron chi connectivity index (χ0n) is 11.2. The van der Waals surface area contributed by atoms with Crippen molar-refractivity contribution in [1.29, 1.82) is 0 Å². The summed E-state index contributed by atoms with van der Waals surface area (Å²) in [5.74, 6) is 0. The number of nitrogens with two attached hydrogens (primary N) is 1. The molecular formula is C15H12Cl2N4. The summed E-state index contributed by atoms with van der Waals surface area (Å²) in [6.07, 6.45) is 1.83. The molecule has 3 rings (SSSR count). The van der Waals surface area contributed by atoms with Gasteiger partial charge in [0.15, 0.2) is 0 Å². The third kappa shape index (κ3) is 2.73. The molecule has 1 heterocycles. The van der Waals surface area contributed by atoms with Crippen molar-refractivity contribution in [1.82, 2.24) is 15.0 Å². The van der Waals surface area contributed by atoms with E-state index in [-0.39, 0.29) is 0 Å². The first kappa shape index (κ1) is 13.9. The van der Waals surface area contributed by atoms with Gasteiger partial charge in [0.1, 0.15) is 5.69 Å². The van der Waals surface area contributed by atoms with Gasteiger partial charge in [-0.05, 0) is 36.8 Å². The molecule has 2 N–H and O–H groups in total. The lowest BCUT2D eigenvalue weighted by Crippen LogP contribution is -1.99. The van der Waals surface area contributed by atoms with Gasteiger partial charge in [0.05, 0.1) is 21.9 Å². The number of nitrogen functional groups attached to an aromatic ring is 1. The Labute approximate surface area is 132 Å². The van der Waals surface area contributed by atoms with Crippen LogP contribution in [0.2, 0.25) is 10.0 Å². The number of hydrogen-bond donors (Lipinski definition) is 1. The van der Waals surface area contributed by atoms with E-state index in [1.165, 1.54) is 0 Å². The Morgan fingerprint density at radius 1 is 1.05 bits per heavy atom. The second kappa shape index (κ2) is 5.39. The largest absolute Gasteiger partial charge is 0.399 e. The van der Waals surface area contributed by atoms with Crippen molar-refractivity contribution >= 4 is 28.9 Å². The Morgan fingerprint density at radius 2 is 1.86 bits per heavy atom. The van der Waals surface area contributed by atoms with Crippen LogP contribution in [0, 0.1) is 6.92 Å². The van der Waals surface area contributed by atoms with E-state index in [0.29, 0.717) is 15.7 Å². The highest BCUT2D eigenvalue weighted by molar-refractivity contribution is 6.42. The van der Waals surface area contributed by atoms with Crippen molar-refractivity contribution in [2.45, 2.75) is 6.92 Å². The predicted molar refractivity (Wildman–Crippen MR) is 86.0 cm³/mol. The second-order valence-corrected chi connectivity index (χ2v) is 5.54. The molecule has 0 aliphatic carbocycles. The maximum absolute atomic E-state index is 6.03. The van der Waals surface area contributed by atoms with Gasteiger partial charge in [-0.2, -0.15) is 0 Å². The van der Waals surface area contributed by atoms with Crippen molar-refractivity contribution in [3.63, 3.8) is 0 Å². The number of halogens is 2. The van der Waals surface area contributed by atoms with Crippen molar-refractivity contribution < 1.29 is 0 Å². The number of aromatic nitrogens is 3. The van der Waals surface area contributed by atoms with Crippen LogP contribution >= 0.6 is 23.2 Å². The second-order valence-electron chi connectivity index (χ2n) is 4.72. The van der Waals surface area contributed by atoms with Gasteiger partial charge in [0.25, 0.3) is 0 Å². The van der Waals surface area contributed by atoms with Crippen molar-refractivity contribution in [2.24, 2.45) is 0 Å². The lowest BCUT2D eigenvalue weighted by molar-refractivity contribution is 0.799. The number of nitrogens with zero attached hydrogens (tertiary/aromatic N) is 3. The highest BCUT2D eigenvalue weighted by atomic mass is 35.5. The van der Waals surface area contributed by atoms with Crippen LogP contribution in [0.3, 0.4) is 0 Å². The molecule has 0 aliphatic heterocycles. The Kier molecular flexibility index (Phi) is 3.57. The molecule has 0 spiro atoms. The van der Waals surface area contributed by atoms with Crippen molar-refractivity contribution in [3.8, 4) is 16.9 Å². The predicted octanol–water partition coefficient (Wildman–Crippen LogP) is 4.13. The Bertz CT molecular complexity index is 811. The smallest absolute Gasteiger partial charge is 0.113 e. The van der Waals surface area contributed by atoms with Crippen LogP contribution in [0.1, 0.15) is 5.56 Å². The third-order valence-electron chi connectivity index (χ3n) is 3.19. The van der Waals surface area contributed by atoms with Crippen molar-refractivity contribution in [2.75, 3.05) is 5.73 Å². The van der Waals surface area contributed by atoms with Crippen LogP contribution in [0.4, 0.5) is 5.69 Å². The molecule has 0 atom stereocenters. The molecule has 0 aliphatic rings. The van der Waals surface area contributed by atoms with E-state index in [0.717, 1.165) is 22.5 Å². The fraction of sp³-hybridized carbons (Fsp3) is 0.0667. The van der Waals surface area contributed by atoms with Gasteiger partial charge in [-0.3, -0.25) is 0 Å². The molecule has 3 aromatic rings. The number of rotatable bonds is 2. The third-order valence-corrected chi connectivity index (χ3v) is 3.93. The molecule has 0 saturated carbocycles. The fourth-order valence-corrected chi connectivity index (χ4v) is 2.34.